The van der Waals surface area contributed by atoms with E-state index >= 15 is 0 Å². The van der Waals surface area contributed by atoms with Gasteiger partial charge in [0.2, 0.25) is 0 Å². The first-order chi connectivity index (χ1) is 11.9. The van der Waals surface area contributed by atoms with Gasteiger partial charge < -0.3 is 9.47 Å². The van der Waals surface area contributed by atoms with Crippen molar-refractivity contribution in [3.8, 4) is 0 Å². The zero-order chi connectivity index (χ0) is 20.2. The fraction of sp³-hybridized carbons (Fsp3) is 0.870. The maximum Gasteiger partial charge on any atom is 0.508 e. The van der Waals surface area contributed by atoms with Gasteiger partial charge in [0.25, 0.3) is 0 Å². The summed E-state index contributed by atoms with van der Waals surface area (Å²) in [6.45, 7) is 17.8. The molecule has 0 aromatic rings. The largest absolute Gasteiger partial charge is 0.508 e. The second-order valence-corrected chi connectivity index (χ2v) is 9.68. The first kappa shape index (κ1) is 25.0. The normalized spacial score (nSPS) is 15.1. The number of rotatable bonds is 12. The Hall–Kier alpha value is -0.990. The Bertz CT molecular complexity index is 404. The lowest BCUT2D eigenvalue weighted by atomic mass is 9.84. The minimum Gasteiger partial charge on any atom is -0.434 e. The van der Waals surface area contributed by atoms with E-state index in [-0.39, 0.29) is 0 Å². The molecule has 0 N–H and O–H groups in total. The summed E-state index contributed by atoms with van der Waals surface area (Å²) in [5.74, 6) is 0.911. The fourth-order valence-electron chi connectivity index (χ4n) is 3.41. The zero-order valence-electron chi connectivity index (χ0n) is 18.7. The topological polar surface area (TPSA) is 35.5 Å². The predicted molar refractivity (Wildman–Crippen MR) is 111 cm³/mol. The Balaban J connectivity index is 4.15. The summed E-state index contributed by atoms with van der Waals surface area (Å²) in [6.07, 6.45) is 11.7. The number of carbonyl (C=O) groups is 1. The molecule has 0 aliphatic rings. The van der Waals surface area contributed by atoms with Crippen LogP contribution in [0.25, 0.3) is 0 Å². The minimum absolute atomic E-state index is 0.343. The summed E-state index contributed by atoms with van der Waals surface area (Å²) < 4.78 is 10.7. The van der Waals surface area contributed by atoms with E-state index in [1.54, 1.807) is 0 Å². The lowest BCUT2D eigenvalue weighted by Crippen LogP contribution is -2.30. The van der Waals surface area contributed by atoms with Gasteiger partial charge in [-0.25, -0.2) is 4.79 Å². The first-order valence-corrected chi connectivity index (χ1v) is 10.5. The molecule has 0 saturated heterocycles. The molecular formula is C23H44O3. The van der Waals surface area contributed by atoms with Crippen LogP contribution in [0.15, 0.2) is 12.2 Å². The van der Waals surface area contributed by atoms with E-state index < -0.39 is 11.8 Å². The van der Waals surface area contributed by atoms with Crippen LogP contribution in [0.2, 0.25) is 0 Å². The first-order valence-electron chi connectivity index (χ1n) is 10.5. The van der Waals surface area contributed by atoms with Crippen molar-refractivity contribution in [2.24, 2.45) is 17.3 Å². The number of allylic oxidation sites excluding steroid dienone is 2. The molecular weight excluding hydrogens is 324 g/mol. The van der Waals surface area contributed by atoms with Crippen LogP contribution in [0.5, 0.6) is 0 Å². The van der Waals surface area contributed by atoms with Gasteiger partial charge in [0, 0.05) is 0 Å². The van der Waals surface area contributed by atoms with E-state index in [0.29, 0.717) is 23.9 Å². The number of unbranched alkanes of at least 4 members (excludes halogenated alkanes) is 4. The molecule has 0 aromatic carbocycles. The lowest BCUT2D eigenvalue weighted by molar-refractivity contribution is -0.0247. The zero-order valence-corrected chi connectivity index (χ0v) is 18.7. The molecule has 0 spiro atoms. The van der Waals surface area contributed by atoms with E-state index in [9.17, 15) is 4.79 Å². The number of carbonyl (C=O) groups excluding carboxylic acids is 1. The van der Waals surface area contributed by atoms with Gasteiger partial charge in [-0.3, -0.25) is 0 Å². The van der Waals surface area contributed by atoms with Crippen LogP contribution in [0, 0.1) is 17.3 Å². The van der Waals surface area contributed by atoms with Gasteiger partial charge in [-0.2, -0.15) is 0 Å². The maximum atomic E-state index is 11.9. The molecule has 0 saturated carbocycles. The van der Waals surface area contributed by atoms with Gasteiger partial charge in [-0.05, 0) is 50.4 Å². The summed E-state index contributed by atoms with van der Waals surface area (Å²) >= 11 is 0. The van der Waals surface area contributed by atoms with Crippen molar-refractivity contribution in [2.45, 2.75) is 106 Å². The number of ether oxygens (including phenoxy) is 2. The van der Waals surface area contributed by atoms with Gasteiger partial charge in [0.1, 0.15) is 5.60 Å². The van der Waals surface area contributed by atoms with Crippen molar-refractivity contribution in [1.29, 1.82) is 0 Å². The molecule has 2 atom stereocenters. The van der Waals surface area contributed by atoms with Crippen LogP contribution in [-0.4, -0.2) is 18.4 Å². The van der Waals surface area contributed by atoms with Gasteiger partial charge in [-0.1, -0.05) is 79.4 Å². The monoisotopic (exact) mass is 368 g/mol. The Labute approximate surface area is 162 Å². The van der Waals surface area contributed by atoms with Crippen LogP contribution in [-0.2, 0) is 9.47 Å². The summed E-state index contributed by atoms with van der Waals surface area (Å²) in [5, 5.41) is 0. The highest BCUT2D eigenvalue weighted by Gasteiger charge is 2.25. The van der Waals surface area contributed by atoms with Crippen LogP contribution in [0.1, 0.15) is 100 Å². The Morgan fingerprint density at radius 1 is 0.885 bits per heavy atom. The molecule has 2 unspecified atom stereocenters. The summed E-state index contributed by atoms with van der Waals surface area (Å²) in [5.41, 5.74) is -0.175. The third-order valence-electron chi connectivity index (χ3n) is 4.34. The quantitative estimate of drug-likeness (QED) is 0.203. The van der Waals surface area contributed by atoms with Crippen molar-refractivity contribution in [3.05, 3.63) is 12.2 Å². The molecule has 154 valence electrons. The second-order valence-electron chi connectivity index (χ2n) is 9.68. The van der Waals surface area contributed by atoms with E-state index in [0.717, 1.165) is 19.3 Å². The summed E-state index contributed by atoms with van der Waals surface area (Å²) in [4.78, 5) is 11.9. The third kappa shape index (κ3) is 15.3. The van der Waals surface area contributed by atoms with Crippen molar-refractivity contribution in [2.75, 3.05) is 6.61 Å². The van der Waals surface area contributed by atoms with E-state index in [1.165, 1.54) is 25.7 Å². The van der Waals surface area contributed by atoms with Gasteiger partial charge in [0.05, 0.1) is 6.61 Å². The highest BCUT2D eigenvalue weighted by molar-refractivity contribution is 5.60. The van der Waals surface area contributed by atoms with Gasteiger partial charge in [0.15, 0.2) is 0 Å². The van der Waals surface area contributed by atoms with Crippen LogP contribution < -0.4 is 0 Å². The maximum absolute atomic E-state index is 11.9. The van der Waals surface area contributed by atoms with E-state index in [4.69, 9.17) is 9.47 Å². The summed E-state index contributed by atoms with van der Waals surface area (Å²) in [6, 6.07) is 0. The minimum atomic E-state index is -0.539. The molecule has 0 fully saturated rings. The molecule has 0 rings (SSSR count). The van der Waals surface area contributed by atoms with E-state index in [1.807, 2.05) is 13.8 Å². The predicted octanol–water partition coefficient (Wildman–Crippen LogP) is 7.54. The van der Waals surface area contributed by atoms with Crippen molar-refractivity contribution in [1.82, 2.24) is 0 Å². The standard InChI is InChI=1S/C23H44O3/c1-9-10-11-12-13-16-25-21(24)26-23(7,8)18-20(3)15-14-19(2)17-22(4,5)6/h14-15,19-20H,9-13,16-18H2,1-8H3/b15-14-. The molecule has 3 heteroatoms. The van der Waals surface area contributed by atoms with Crippen LogP contribution >= 0.6 is 0 Å². The Morgan fingerprint density at radius 2 is 1.42 bits per heavy atom. The molecule has 3 nitrogen and oxygen atoms in total. The van der Waals surface area contributed by atoms with Crippen molar-refractivity contribution in [3.63, 3.8) is 0 Å². The third-order valence-corrected chi connectivity index (χ3v) is 4.34. The molecule has 0 radical (unpaired) electrons. The fourth-order valence-corrected chi connectivity index (χ4v) is 3.41. The molecule has 0 aromatic heterocycles. The molecule has 0 heterocycles. The SMILES string of the molecule is CCCCCCCOC(=O)OC(C)(C)CC(C)/C=C\C(C)CC(C)(C)C. The van der Waals surface area contributed by atoms with Gasteiger partial charge >= 0.3 is 6.16 Å². The van der Waals surface area contributed by atoms with Gasteiger partial charge in [-0.15, -0.1) is 0 Å². The molecule has 26 heavy (non-hydrogen) atoms. The smallest absolute Gasteiger partial charge is 0.434 e. The number of hydrogen-bond acceptors (Lipinski definition) is 3. The van der Waals surface area contributed by atoms with Crippen LogP contribution in [0.3, 0.4) is 0 Å². The Morgan fingerprint density at radius 3 is 1.96 bits per heavy atom. The number of hydrogen-bond donors (Lipinski definition) is 0. The molecule has 0 aliphatic carbocycles. The van der Waals surface area contributed by atoms with Crippen molar-refractivity contribution >= 4 is 6.16 Å². The highest BCUT2D eigenvalue weighted by atomic mass is 16.7. The average molecular weight is 369 g/mol. The molecule has 0 bridgehead atoms. The van der Waals surface area contributed by atoms with Crippen LogP contribution in [0.4, 0.5) is 4.79 Å². The Kier molecular flexibility index (Phi) is 11.9. The van der Waals surface area contributed by atoms with E-state index in [2.05, 4.69) is 53.7 Å². The van der Waals surface area contributed by atoms with Crippen molar-refractivity contribution < 1.29 is 14.3 Å². The summed E-state index contributed by atoms with van der Waals surface area (Å²) in [7, 11) is 0. The lowest BCUT2D eigenvalue weighted by Gasteiger charge is -2.27. The highest BCUT2D eigenvalue weighted by Crippen LogP contribution is 2.26. The average Bonchev–Trinajstić information content (AvgIpc) is 2.46. The molecule has 0 amide bonds. The second kappa shape index (κ2) is 12.4. The molecule has 0 aliphatic heterocycles.